The molecule has 3 fully saturated rings. The van der Waals surface area contributed by atoms with Gasteiger partial charge in [0.15, 0.2) is 5.78 Å². The number of carbonyl (C=O) groups is 8. The summed E-state index contributed by atoms with van der Waals surface area (Å²) >= 11 is 12.6. The molecule has 2 aromatic carbocycles. The SMILES string of the molecule is C=C(C)[C@H](CC(=S)CCCCCN1C(=O)CC(C)C1=O)C(=O)N[C@@H](CCCNC(N)=O)C(=O)Cc1ccc(NC(=O)O[C@H]2CC(=O)N(C)c3cc(cc(OC)c3Cl)C/C(C)=C/C=C/[C@@H](OC)[C@]3(O)CC(=O)O[C@@H](C3)[C@@H](C)[C@@H]3O[C@@]23C)cc1C. The fourth-order valence-corrected chi connectivity index (χ4v) is 11.8. The van der Waals surface area contributed by atoms with Crippen LogP contribution in [0, 0.1) is 24.7 Å². The predicted octanol–water partition coefficient (Wildman–Crippen LogP) is 7.88. The molecule has 7 amide bonds. The van der Waals surface area contributed by atoms with E-state index in [1.165, 1.54) is 24.0 Å². The summed E-state index contributed by atoms with van der Waals surface area (Å²) in [4.78, 5) is 109. The normalized spacial score (nSPS) is 26.3. The first kappa shape index (κ1) is 65.6. The topological polar surface area (TPSA) is 275 Å². The zero-order valence-electron chi connectivity index (χ0n) is 49.1. The summed E-state index contributed by atoms with van der Waals surface area (Å²) in [5.74, 6) is -3.38. The van der Waals surface area contributed by atoms with Crippen LogP contribution in [0.3, 0.4) is 0 Å². The van der Waals surface area contributed by atoms with E-state index in [0.717, 1.165) is 17.6 Å². The molecule has 452 valence electrons. The van der Waals surface area contributed by atoms with Gasteiger partial charge in [-0.3, -0.25) is 39.0 Å². The van der Waals surface area contributed by atoms with Gasteiger partial charge in [0.25, 0.3) is 0 Å². The second-order valence-corrected chi connectivity index (χ2v) is 23.8. The van der Waals surface area contributed by atoms with Crippen LogP contribution < -0.4 is 31.3 Å². The number of methoxy groups -OCH3 is 2. The third-order valence-corrected chi connectivity index (χ3v) is 17.0. The number of ether oxygens (including phenoxy) is 5. The zero-order valence-corrected chi connectivity index (χ0v) is 50.6. The van der Waals surface area contributed by atoms with Crippen molar-refractivity contribution in [2.24, 2.45) is 23.5 Å². The largest absolute Gasteiger partial charge is 0.495 e. The summed E-state index contributed by atoms with van der Waals surface area (Å²) in [6, 6.07) is 6.79. The number of aliphatic hydroxyl groups is 1. The van der Waals surface area contributed by atoms with E-state index in [9.17, 15) is 43.5 Å². The van der Waals surface area contributed by atoms with Gasteiger partial charge < -0.3 is 50.1 Å². The Hall–Kier alpha value is -6.52. The number of imide groups is 1. The fraction of sp³-hybridized carbons (Fsp3) is 0.557. The van der Waals surface area contributed by atoms with Crippen LogP contribution in [0.2, 0.25) is 5.02 Å². The Labute approximate surface area is 496 Å². The number of hydrogen-bond donors (Lipinski definition) is 5. The minimum atomic E-state index is -1.64. The number of anilines is 2. The molecule has 4 aliphatic heterocycles. The Morgan fingerprint density at radius 1 is 1.02 bits per heavy atom. The number of urea groups is 1. The molecule has 4 aliphatic rings. The molecule has 10 atom stereocenters. The van der Waals surface area contributed by atoms with Gasteiger partial charge in [-0.25, -0.2) is 9.59 Å². The molecule has 1 unspecified atom stereocenters. The van der Waals surface area contributed by atoms with Crippen LogP contribution in [0.5, 0.6) is 5.75 Å². The molecule has 0 aliphatic carbocycles. The third-order valence-electron chi connectivity index (χ3n) is 16.2. The first-order chi connectivity index (χ1) is 39.2. The summed E-state index contributed by atoms with van der Waals surface area (Å²) in [5, 5.41) is 20.4. The number of nitrogens with one attached hydrogen (secondary N) is 3. The second kappa shape index (κ2) is 28.8. The Kier molecular flexibility index (Phi) is 22.8. The van der Waals surface area contributed by atoms with Crippen molar-refractivity contribution >= 4 is 87.6 Å². The van der Waals surface area contributed by atoms with Crippen molar-refractivity contribution in [1.82, 2.24) is 15.5 Å². The summed E-state index contributed by atoms with van der Waals surface area (Å²) in [6.45, 7) is 15.2. The van der Waals surface area contributed by atoms with Crippen LogP contribution >= 0.6 is 23.8 Å². The Bertz CT molecular complexity index is 2900. The van der Waals surface area contributed by atoms with Crippen LogP contribution in [0.15, 0.2) is 66.3 Å². The molecule has 83 heavy (non-hydrogen) atoms. The number of aryl methyl sites for hydroxylation is 1. The monoisotopic (exact) mass is 1190 g/mol. The van der Waals surface area contributed by atoms with Crippen LogP contribution in [0.4, 0.5) is 21.0 Å². The van der Waals surface area contributed by atoms with E-state index < -0.39 is 83.4 Å². The lowest BCUT2D eigenvalue weighted by atomic mass is 9.78. The zero-order chi connectivity index (χ0) is 61.1. The maximum absolute atomic E-state index is 14.5. The number of Topliss-reactive ketones (excluding diaryl/α,β-unsaturated/α-hetero) is 1. The Morgan fingerprint density at radius 3 is 2.41 bits per heavy atom. The number of fused-ring (bicyclic) bond motifs is 5. The number of benzene rings is 2. The molecule has 20 nitrogen and oxygen atoms in total. The van der Waals surface area contributed by atoms with Gasteiger partial charge in [0, 0.05) is 64.0 Å². The van der Waals surface area contributed by atoms with Gasteiger partial charge in [0.2, 0.25) is 23.6 Å². The van der Waals surface area contributed by atoms with E-state index in [0.29, 0.717) is 77.3 Å². The van der Waals surface area contributed by atoms with Crippen molar-refractivity contribution in [2.75, 3.05) is 44.6 Å². The molecule has 4 bridgehead atoms. The second-order valence-electron chi connectivity index (χ2n) is 22.9. The van der Waals surface area contributed by atoms with E-state index in [1.807, 2.05) is 13.0 Å². The number of rotatable bonds is 22. The number of esters is 1. The molecule has 0 aromatic heterocycles. The average molecular weight is 1190 g/mol. The maximum atomic E-state index is 14.5. The Balaban J connectivity index is 1.16. The van der Waals surface area contributed by atoms with Gasteiger partial charge in [-0.05, 0) is 118 Å². The number of amides is 7. The number of ketones is 1. The number of unbranched alkanes of at least 4 members (excludes halogenated alkanes) is 2. The van der Waals surface area contributed by atoms with Gasteiger partial charge in [0.1, 0.15) is 40.3 Å². The van der Waals surface area contributed by atoms with Crippen LogP contribution in [0.1, 0.15) is 122 Å². The van der Waals surface area contributed by atoms with Crippen molar-refractivity contribution < 1.29 is 67.1 Å². The molecule has 22 heteroatoms. The van der Waals surface area contributed by atoms with Gasteiger partial charge in [0.05, 0.1) is 43.7 Å². The molecule has 0 saturated carbocycles. The highest BCUT2D eigenvalue weighted by molar-refractivity contribution is 7.80. The fourth-order valence-electron chi connectivity index (χ4n) is 11.2. The number of likely N-dealkylation sites (tertiary alicyclic amines) is 1. The number of halogens is 1. The molecular weight excluding hydrogens is 1110 g/mol. The van der Waals surface area contributed by atoms with Crippen LogP contribution in [-0.4, -0.2) is 138 Å². The van der Waals surface area contributed by atoms with Crippen LogP contribution in [0.25, 0.3) is 0 Å². The number of epoxide rings is 1. The smallest absolute Gasteiger partial charge is 0.412 e. The maximum Gasteiger partial charge on any atom is 0.412 e. The first-order valence-corrected chi connectivity index (χ1v) is 29.0. The van der Waals surface area contributed by atoms with Crippen molar-refractivity contribution in [3.63, 3.8) is 0 Å². The van der Waals surface area contributed by atoms with Crippen molar-refractivity contribution in [1.29, 1.82) is 0 Å². The van der Waals surface area contributed by atoms with Crippen molar-refractivity contribution in [3.05, 3.63) is 88.0 Å². The number of thiocarbonyl (C=S) groups is 1. The molecule has 6 N–H and O–H groups in total. The van der Waals surface area contributed by atoms with Gasteiger partial charge >= 0.3 is 18.1 Å². The molecule has 0 spiro atoms. The number of allylic oxidation sites excluding steroid dienone is 3. The van der Waals surface area contributed by atoms with E-state index in [4.69, 9.17) is 53.2 Å². The summed E-state index contributed by atoms with van der Waals surface area (Å²) < 4.78 is 29.7. The highest BCUT2D eigenvalue weighted by Crippen LogP contribution is 2.50. The molecule has 0 radical (unpaired) electrons. The number of hydrogen-bond acceptors (Lipinski definition) is 15. The summed E-state index contributed by atoms with van der Waals surface area (Å²) in [6.07, 6.45) is 3.96. The first-order valence-electron chi connectivity index (χ1n) is 28.2. The number of carbonyl (C=O) groups excluding carboxylic acids is 8. The highest BCUT2D eigenvalue weighted by Gasteiger charge is 2.64. The minimum Gasteiger partial charge on any atom is -0.495 e. The number of nitrogens with two attached hydrogens (primary N) is 1. The summed E-state index contributed by atoms with van der Waals surface area (Å²) in [5.41, 5.74) is 6.50. The van der Waals surface area contributed by atoms with E-state index in [-0.39, 0.29) is 80.0 Å². The van der Waals surface area contributed by atoms with Gasteiger partial charge in [-0.15, -0.1) is 0 Å². The van der Waals surface area contributed by atoms with Crippen molar-refractivity contribution in [3.8, 4) is 5.75 Å². The molecule has 4 heterocycles. The molecule has 3 saturated heterocycles. The van der Waals surface area contributed by atoms with E-state index in [2.05, 4.69) is 22.5 Å². The third kappa shape index (κ3) is 17.1. The van der Waals surface area contributed by atoms with Crippen molar-refractivity contribution in [2.45, 2.75) is 167 Å². The minimum absolute atomic E-state index is 0.00773. The van der Waals surface area contributed by atoms with E-state index >= 15 is 0 Å². The number of primary amides is 1. The number of nitrogens with zero attached hydrogens (tertiary/aromatic N) is 2. The van der Waals surface area contributed by atoms with Gasteiger partial charge in [-0.2, -0.15) is 0 Å². The van der Waals surface area contributed by atoms with Crippen LogP contribution in [-0.2, 0) is 60.6 Å². The molecular formula is C61H81ClN6O14S. The average Bonchev–Trinajstić information content (AvgIpc) is 3.02. The lowest BCUT2D eigenvalue weighted by Crippen LogP contribution is -2.53. The lowest BCUT2D eigenvalue weighted by molar-refractivity contribution is -0.187. The van der Waals surface area contributed by atoms with Gasteiger partial charge in [-0.1, -0.05) is 86.1 Å². The summed E-state index contributed by atoms with van der Waals surface area (Å²) in [7, 11) is 4.49. The predicted molar refractivity (Wildman–Crippen MR) is 317 cm³/mol. The highest BCUT2D eigenvalue weighted by atomic mass is 35.5. The Morgan fingerprint density at radius 2 is 1.76 bits per heavy atom. The molecule has 2 aromatic rings. The standard InChI is InChI=1S/C61H81ClN6O14S/c1-34(2)43(30-42(83)17-12-11-13-23-68-52(71)26-37(5)57(68)74)56(73)66-44(18-15-22-64-58(63)75)46(69)29-40-20-21-41(25-36(40)4)65-59(76)81-50-31-51(70)67(8)45-27-39(28-47(78-9)54(45)62)24-35(3)16-14-19-49(79-10)61(77)32-48(80-53(72)33-61)38(6)55-60(50,7)82-55/h14,16,19-21,25,27-28,37-38,43-44,48-50,55,77H,1,11-13,15,17-18,22-24,26,29-33H2,2-10H3,(H,65,76)(H,66,73)(H3,63,64,75)/b19-14+,35-16+/t37?,38-,43+,44+,48+,49-,50+,55+,60+,61-/m1/s1. The quantitative estimate of drug-likeness (QED) is 0.0187. The molecule has 6 rings (SSSR count). The lowest BCUT2D eigenvalue weighted by Gasteiger charge is -2.41. The van der Waals surface area contributed by atoms with E-state index in [1.54, 1.807) is 84.2 Å².